The Hall–Kier alpha value is -5.27. The number of urea groups is 1. The number of methoxy groups -OCH3 is 1. The van der Waals surface area contributed by atoms with Gasteiger partial charge in [0.15, 0.2) is 18.1 Å². The molecule has 1 aliphatic heterocycles. The number of hydrogen-bond donors (Lipinski definition) is 3. The zero-order valence-electron chi connectivity index (χ0n) is 23.2. The third-order valence-electron chi connectivity index (χ3n) is 6.13. The molecule has 0 radical (unpaired) electrons. The highest BCUT2D eigenvalue weighted by molar-refractivity contribution is 5.95. The first-order valence-corrected chi connectivity index (χ1v) is 12.9. The molecule has 2 aromatic carbocycles. The minimum absolute atomic E-state index is 0.154. The number of nitrogens with zero attached hydrogens (tertiary/aromatic N) is 1. The fourth-order valence-electron chi connectivity index (χ4n) is 4.18. The summed E-state index contributed by atoms with van der Waals surface area (Å²) in [6, 6.07) is 11.1. The lowest BCUT2D eigenvalue weighted by molar-refractivity contribution is -0.139. The van der Waals surface area contributed by atoms with Gasteiger partial charge in [0.05, 0.1) is 37.1 Å². The molecular formula is C29H27F3N4O7. The molecule has 0 spiro atoms. The summed E-state index contributed by atoms with van der Waals surface area (Å²) in [6.07, 6.45) is -3.30. The predicted octanol–water partition coefficient (Wildman–Crippen LogP) is 4.69. The number of furan rings is 1. The Balaban J connectivity index is 1.37. The SMILES string of the molecule is CCOC(=O)C1=C(C)NC(=O)N[C@H]1c1ccc(OCC(=O)N/N=C\c2ccc(-c3cccc(C(F)(F)F)c3)o2)c(OC)c1. The average Bonchev–Trinajstić information content (AvgIpc) is 3.44. The van der Waals surface area contributed by atoms with Crippen LogP contribution < -0.4 is 25.5 Å². The van der Waals surface area contributed by atoms with Crippen molar-refractivity contribution in [2.45, 2.75) is 26.1 Å². The quantitative estimate of drug-likeness (QED) is 0.174. The van der Waals surface area contributed by atoms with Crippen molar-refractivity contribution in [1.29, 1.82) is 0 Å². The minimum Gasteiger partial charge on any atom is -0.493 e. The molecule has 1 aromatic heterocycles. The van der Waals surface area contributed by atoms with E-state index in [0.717, 1.165) is 12.1 Å². The highest BCUT2D eigenvalue weighted by Crippen LogP contribution is 2.35. The fraction of sp³-hybridized carbons (Fsp3) is 0.241. The summed E-state index contributed by atoms with van der Waals surface area (Å²) in [7, 11) is 1.39. The second-order valence-corrected chi connectivity index (χ2v) is 9.06. The van der Waals surface area contributed by atoms with Crippen molar-refractivity contribution in [2.75, 3.05) is 20.3 Å². The number of hydrogen-bond acceptors (Lipinski definition) is 8. The van der Waals surface area contributed by atoms with Gasteiger partial charge in [0.2, 0.25) is 0 Å². The van der Waals surface area contributed by atoms with Crippen LogP contribution in [0.4, 0.5) is 18.0 Å². The Kier molecular flexibility index (Phi) is 9.38. The van der Waals surface area contributed by atoms with Gasteiger partial charge < -0.3 is 29.3 Å². The van der Waals surface area contributed by atoms with Crippen LogP contribution in [0.25, 0.3) is 11.3 Å². The molecule has 0 fully saturated rings. The maximum atomic E-state index is 13.0. The average molecular weight is 601 g/mol. The van der Waals surface area contributed by atoms with Crippen LogP contribution in [0.5, 0.6) is 11.5 Å². The number of alkyl halides is 3. The molecule has 2 heterocycles. The molecule has 14 heteroatoms. The summed E-state index contributed by atoms with van der Waals surface area (Å²) < 4.78 is 60.6. The van der Waals surface area contributed by atoms with Crippen molar-refractivity contribution < 1.29 is 46.2 Å². The standard InChI is InChI=1S/C29H27F3N4O7/c1-4-41-27(38)25-16(2)34-28(39)35-26(25)18-8-10-22(23(13-18)40-3)42-15-24(37)36-33-14-20-9-11-21(43-20)17-6-5-7-19(12-17)29(30,31)32/h5-14,26H,4,15H2,1-3H3,(H,36,37)(H2,34,35,39)/b33-14-/t26-/m0/s1. The second kappa shape index (κ2) is 13.1. The van der Waals surface area contributed by atoms with Crippen LogP contribution >= 0.6 is 0 Å². The van der Waals surface area contributed by atoms with Crippen LogP contribution in [-0.2, 0) is 20.5 Å². The van der Waals surface area contributed by atoms with Gasteiger partial charge in [-0.25, -0.2) is 15.0 Å². The van der Waals surface area contributed by atoms with Gasteiger partial charge in [0.25, 0.3) is 5.91 Å². The highest BCUT2D eigenvalue weighted by atomic mass is 19.4. The lowest BCUT2D eigenvalue weighted by Crippen LogP contribution is -2.45. The Labute approximate surface area is 243 Å². The van der Waals surface area contributed by atoms with Crippen LogP contribution in [0.3, 0.4) is 0 Å². The van der Waals surface area contributed by atoms with E-state index in [4.69, 9.17) is 18.6 Å². The van der Waals surface area contributed by atoms with Crippen LogP contribution in [-0.4, -0.2) is 44.4 Å². The summed E-state index contributed by atoms with van der Waals surface area (Å²) in [5.41, 5.74) is 2.79. The van der Waals surface area contributed by atoms with Gasteiger partial charge in [-0.05, 0) is 55.8 Å². The fourth-order valence-corrected chi connectivity index (χ4v) is 4.18. The summed E-state index contributed by atoms with van der Waals surface area (Å²) in [4.78, 5) is 37.0. The van der Waals surface area contributed by atoms with Crippen molar-refractivity contribution >= 4 is 24.1 Å². The third-order valence-corrected chi connectivity index (χ3v) is 6.13. The van der Waals surface area contributed by atoms with Crippen molar-refractivity contribution in [1.82, 2.24) is 16.1 Å². The number of carbonyl (C=O) groups is 3. The van der Waals surface area contributed by atoms with E-state index in [1.165, 1.54) is 43.7 Å². The van der Waals surface area contributed by atoms with Crippen LogP contribution in [0.15, 0.2) is 75.4 Å². The molecule has 1 aliphatic rings. The number of esters is 1. The van der Waals surface area contributed by atoms with Crippen LogP contribution in [0.1, 0.15) is 36.8 Å². The lowest BCUT2D eigenvalue weighted by Gasteiger charge is -2.28. The van der Waals surface area contributed by atoms with Crippen LogP contribution in [0.2, 0.25) is 0 Å². The first-order valence-electron chi connectivity index (χ1n) is 12.9. The van der Waals surface area contributed by atoms with Crippen molar-refractivity contribution in [3.63, 3.8) is 0 Å². The molecule has 0 saturated heterocycles. The zero-order chi connectivity index (χ0) is 31.1. The molecule has 3 N–H and O–H groups in total. The first kappa shape index (κ1) is 30.7. The molecule has 0 bridgehead atoms. The van der Waals surface area contributed by atoms with E-state index in [2.05, 4.69) is 21.2 Å². The number of halogens is 3. The lowest BCUT2D eigenvalue weighted by atomic mass is 9.95. The smallest absolute Gasteiger partial charge is 0.416 e. The normalized spacial score (nSPS) is 15.1. The number of carbonyl (C=O) groups excluding carboxylic acids is 3. The number of ether oxygens (including phenoxy) is 3. The van der Waals surface area contributed by atoms with Gasteiger partial charge in [-0.2, -0.15) is 18.3 Å². The molecule has 11 nitrogen and oxygen atoms in total. The highest BCUT2D eigenvalue weighted by Gasteiger charge is 2.33. The summed E-state index contributed by atoms with van der Waals surface area (Å²) in [5.74, 6) is -0.374. The number of rotatable bonds is 10. The first-order chi connectivity index (χ1) is 20.5. The second-order valence-electron chi connectivity index (χ2n) is 9.06. The zero-order valence-corrected chi connectivity index (χ0v) is 23.2. The summed E-state index contributed by atoms with van der Waals surface area (Å²) >= 11 is 0. The number of hydrazone groups is 1. The summed E-state index contributed by atoms with van der Waals surface area (Å²) in [6.45, 7) is 2.97. The predicted molar refractivity (Wildman–Crippen MR) is 147 cm³/mol. The van der Waals surface area contributed by atoms with Crippen molar-refractivity contribution in [2.24, 2.45) is 5.10 Å². The molecule has 3 amide bonds. The van der Waals surface area contributed by atoms with Gasteiger partial charge >= 0.3 is 18.2 Å². The van der Waals surface area contributed by atoms with Gasteiger partial charge in [-0.1, -0.05) is 18.2 Å². The molecule has 1 atom stereocenters. The van der Waals surface area contributed by atoms with Crippen molar-refractivity contribution in [3.05, 3.63) is 82.8 Å². The Morgan fingerprint density at radius 2 is 1.91 bits per heavy atom. The van der Waals surface area contributed by atoms with E-state index in [1.807, 2.05) is 0 Å². The van der Waals surface area contributed by atoms with E-state index in [-0.39, 0.29) is 40.8 Å². The number of benzene rings is 2. The maximum absolute atomic E-state index is 13.0. The number of amides is 3. The van der Waals surface area contributed by atoms with Crippen LogP contribution in [0, 0.1) is 0 Å². The molecule has 0 unspecified atom stereocenters. The van der Waals surface area contributed by atoms with E-state index >= 15 is 0 Å². The molecule has 0 aliphatic carbocycles. The molecular weight excluding hydrogens is 573 g/mol. The van der Waals surface area contributed by atoms with Gasteiger partial charge in [-0.15, -0.1) is 0 Å². The van der Waals surface area contributed by atoms with Crippen molar-refractivity contribution in [3.8, 4) is 22.8 Å². The van der Waals surface area contributed by atoms with E-state index < -0.39 is 42.3 Å². The van der Waals surface area contributed by atoms with Gasteiger partial charge in [0.1, 0.15) is 11.5 Å². The molecule has 3 aromatic rings. The van der Waals surface area contributed by atoms with E-state index in [0.29, 0.717) is 11.3 Å². The maximum Gasteiger partial charge on any atom is 0.416 e. The molecule has 43 heavy (non-hydrogen) atoms. The van der Waals surface area contributed by atoms with Gasteiger partial charge in [-0.3, -0.25) is 4.79 Å². The Bertz CT molecular complexity index is 1580. The summed E-state index contributed by atoms with van der Waals surface area (Å²) in [5, 5.41) is 9.03. The minimum atomic E-state index is -4.49. The van der Waals surface area contributed by atoms with Gasteiger partial charge in [0, 0.05) is 11.3 Å². The number of nitrogens with one attached hydrogen (secondary N) is 3. The topological polar surface area (TPSA) is 140 Å². The third kappa shape index (κ3) is 7.52. The largest absolute Gasteiger partial charge is 0.493 e. The monoisotopic (exact) mass is 600 g/mol. The number of allylic oxidation sites excluding steroid dienone is 1. The Morgan fingerprint density at radius 3 is 2.63 bits per heavy atom. The molecule has 4 rings (SSSR count). The molecule has 0 saturated carbocycles. The Morgan fingerprint density at radius 1 is 1.12 bits per heavy atom. The molecule has 226 valence electrons. The van der Waals surface area contributed by atoms with E-state index in [1.54, 1.807) is 26.0 Å². The van der Waals surface area contributed by atoms with E-state index in [9.17, 15) is 27.6 Å².